The molecule has 2 aliphatic rings. The number of hydrogen-bond donors (Lipinski definition) is 2. The number of hydrogen-bond acceptors (Lipinski definition) is 1. The molecule has 0 heterocycles. The topological polar surface area (TPSA) is 36.4 Å². The Morgan fingerprint density at radius 2 is 2.00 bits per heavy atom. The zero-order valence-corrected chi connectivity index (χ0v) is 14.7. The Morgan fingerprint density at radius 3 is 2.57 bits per heavy atom. The van der Waals surface area contributed by atoms with E-state index in [0.29, 0.717) is 17.5 Å². The van der Waals surface area contributed by atoms with E-state index in [2.05, 4.69) is 15.6 Å². The normalized spacial score (nSPS) is 19.6. The summed E-state index contributed by atoms with van der Waals surface area (Å²) in [5, 5.41) is 6.58. The van der Waals surface area contributed by atoms with Crippen LogP contribution in [0.15, 0.2) is 29.3 Å². The van der Waals surface area contributed by atoms with Crippen LogP contribution in [0.1, 0.15) is 31.2 Å². The van der Waals surface area contributed by atoms with E-state index in [0.717, 1.165) is 18.4 Å². The van der Waals surface area contributed by atoms with Crippen molar-refractivity contribution in [1.29, 1.82) is 0 Å². The summed E-state index contributed by atoms with van der Waals surface area (Å²) in [6.45, 7) is 1.46. The van der Waals surface area contributed by atoms with Gasteiger partial charge in [0.15, 0.2) is 5.96 Å². The SMILES string of the molecule is CN=C(NCc1ccccc1F)NCC1(C2CC2)CC1.I. The Bertz CT molecular complexity index is 510. The second-order valence-electron chi connectivity index (χ2n) is 6.01. The van der Waals surface area contributed by atoms with Crippen LogP contribution in [0, 0.1) is 17.2 Å². The minimum Gasteiger partial charge on any atom is -0.356 e. The maximum atomic E-state index is 13.5. The molecule has 3 rings (SSSR count). The molecule has 5 heteroatoms. The number of rotatable bonds is 5. The first-order valence-corrected chi connectivity index (χ1v) is 7.41. The third kappa shape index (κ3) is 4.08. The van der Waals surface area contributed by atoms with Gasteiger partial charge in [-0.05, 0) is 43.1 Å². The summed E-state index contributed by atoms with van der Waals surface area (Å²) in [7, 11) is 1.76. The monoisotopic (exact) mass is 403 g/mol. The molecule has 0 unspecified atom stereocenters. The van der Waals surface area contributed by atoms with E-state index < -0.39 is 0 Å². The number of aliphatic imine (C=N–C) groups is 1. The Kier molecular flexibility index (Phi) is 5.46. The van der Waals surface area contributed by atoms with E-state index in [1.165, 1.54) is 31.7 Å². The summed E-state index contributed by atoms with van der Waals surface area (Å²) in [5.41, 5.74) is 1.20. The molecule has 0 aromatic heterocycles. The van der Waals surface area contributed by atoms with Crippen LogP contribution in [0.2, 0.25) is 0 Å². The van der Waals surface area contributed by atoms with Gasteiger partial charge >= 0.3 is 0 Å². The summed E-state index contributed by atoms with van der Waals surface area (Å²) < 4.78 is 13.5. The predicted molar refractivity (Wildman–Crippen MR) is 94.4 cm³/mol. The average molecular weight is 403 g/mol. The van der Waals surface area contributed by atoms with Crippen molar-refractivity contribution < 1.29 is 4.39 Å². The van der Waals surface area contributed by atoms with Crippen molar-refractivity contribution in [3.8, 4) is 0 Å². The summed E-state index contributed by atoms with van der Waals surface area (Å²) in [5.74, 6) is 1.52. The molecular formula is C16H23FIN3. The average Bonchev–Trinajstić information content (AvgIpc) is 3.33. The van der Waals surface area contributed by atoms with Crippen molar-refractivity contribution in [3.63, 3.8) is 0 Å². The van der Waals surface area contributed by atoms with Gasteiger partial charge in [0, 0.05) is 25.7 Å². The van der Waals surface area contributed by atoms with Gasteiger partial charge in [-0.25, -0.2) is 4.39 Å². The van der Waals surface area contributed by atoms with Crippen molar-refractivity contribution in [3.05, 3.63) is 35.6 Å². The predicted octanol–water partition coefficient (Wildman–Crippen LogP) is 3.30. The lowest BCUT2D eigenvalue weighted by Gasteiger charge is -2.18. The van der Waals surface area contributed by atoms with Crippen molar-refractivity contribution in [2.75, 3.05) is 13.6 Å². The number of benzene rings is 1. The summed E-state index contributed by atoms with van der Waals surface area (Å²) >= 11 is 0. The molecule has 0 aliphatic heterocycles. The van der Waals surface area contributed by atoms with Gasteiger partial charge in [-0.15, -0.1) is 24.0 Å². The summed E-state index contributed by atoms with van der Waals surface area (Å²) in [6, 6.07) is 6.84. The molecule has 0 radical (unpaired) electrons. The first-order valence-electron chi connectivity index (χ1n) is 7.41. The molecule has 116 valence electrons. The lowest BCUT2D eigenvalue weighted by molar-refractivity contribution is 0.431. The Hall–Kier alpha value is -0.850. The van der Waals surface area contributed by atoms with E-state index >= 15 is 0 Å². The van der Waals surface area contributed by atoms with E-state index in [1.807, 2.05) is 6.07 Å². The first kappa shape index (κ1) is 16.5. The van der Waals surface area contributed by atoms with Crippen LogP contribution in [0.3, 0.4) is 0 Å². The van der Waals surface area contributed by atoms with Gasteiger partial charge in [0.25, 0.3) is 0 Å². The van der Waals surface area contributed by atoms with Gasteiger partial charge in [-0.2, -0.15) is 0 Å². The molecule has 21 heavy (non-hydrogen) atoms. The zero-order valence-electron chi connectivity index (χ0n) is 12.4. The Morgan fingerprint density at radius 1 is 1.29 bits per heavy atom. The Balaban J connectivity index is 0.00000161. The molecule has 1 aromatic carbocycles. The molecule has 0 saturated heterocycles. The lowest BCUT2D eigenvalue weighted by Crippen LogP contribution is -2.40. The highest BCUT2D eigenvalue weighted by molar-refractivity contribution is 14.0. The van der Waals surface area contributed by atoms with Crippen LogP contribution in [0.4, 0.5) is 4.39 Å². The van der Waals surface area contributed by atoms with E-state index in [-0.39, 0.29) is 29.8 Å². The van der Waals surface area contributed by atoms with Crippen molar-refractivity contribution >= 4 is 29.9 Å². The fourth-order valence-electron chi connectivity index (χ4n) is 2.89. The van der Waals surface area contributed by atoms with Crippen LogP contribution in [0.25, 0.3) is 0 Å². The van der Waals surface area contributed by atoms with Crippen LogP contribution in [0.5, 0.6) is 0 Å². The molecule has 3 nitrogen and oxygen atoms in total. The number of guanidine groups is 1. The molecule has 2 fully saturated rings. The number of nitrogens with zero attached hydrogens (tertiary/aromatic N) is 1. The third-order valence-corrected chi connectivity index (χ3v) is 4.57. The zero-order chi connectivity index (χ0) is 14.0. The second kappa shape index (κ2) is 6.94. The summed E-state index contributed by atoms with van der Waals surface area (Å²) in [4.78, 5) is 4.22. The highest BCUT2D eigenvalue weighted by Gasteiger charge is 2.53. The Labute approximate surface area is 142 Å². The van der Waals surface area contributed by atoms with E-state index in [1.54, 1.807) is 19.2 Å². The van der Waals surface area contributed by atoms with E-state index in [9.17, 15) is 4.39 Å². The third-order valence-electron chi connectivity index (χ3n) is 4.57. The van der Waals surface area contributed by atoms with Crippen LogP contribution >= 0.6 is 24.0 Å². The molecule has 2 N–H and O–H groups in total. The quantitative estimate of drug-likeness (QED) is 0.450. The largest absolute Gasteiger partial charge is 0.356 e. The molecular weight excluding hydrogens is 380 g/mol. The van der Waals surface area contributed by atoms with Gasteiger partial charge in [0.05, 0.1) is 0 Å². The smallest absolute Gasteiger partial charge is 0.191 e. The van der Waals surface area contributed by atoms with Gasteiger partial charge < -0.3 is 10.6 Å². The molecule has 0 amide bonds. The molecule has 2 saturated carbocycles. The van der Waals surface area contributed by atoms with Gasteiger partial charge in [0.2, 0.25) is 0 Å². The molecule has 0 atom stereocenters. The van der Waals surface area contributed by atoms with Crippen LogP contribution < -0.4 is 10.6 Å². The minimum atomic E-state index is -0.174. The molecule has 0 spiro atoms. The van der Waals surface area contributed by atoms with Crippen LogP contribution in [-0.2, 0) is 6.54 Å². The molecule has 0 bridgehead atoms. The van der Waals surface area contributed by atoms with Gasteiger partial charge in [-0.3, -0.25) is 4.99 Å². The van der Waals surface area contributed by atoms with Gasteiger partial charge in [-0.1, -0.05) is 18.2 Å². The molecule has 2 aliphatic carbocycles. The summed E-state index contributed by atoms with van der Waals surface area (Å²) in [6.07, 6.45) is 5.47. The maximum absolute atomic E-state index is 13.5. The number of halogens is 2. The number of nitrogens with one attached hydrogen (secondary N) is 2. The van der Waals surface area contributed by atoms with Crippen molar-refractivity contribution in [2.24, 2.45) is 16.3 Å². The minimum absolute atomic E-state index is 0. The second-order valence-corrected chi connectivity index (χ2v) is 6.01. The van der Waals surface area contributed by atoms with E-state index in [4.69, 9.17) is 0 Å². The van der Waals surface area contributed by atoms with Crippen molar-refractivity contribution in [1.82, 2.24) is 10.6 Å². The first-order chi connectivity index (χ1) is 9.73. The highest BCUT2D eigenvalue weighted by atomic mass is 127. The van der Waals surface area contributed by atoms with Crippen LogP contribution in [-0.4, -0.2) is 19.6 Å². The van der Waals surface area contributed by atoms with Crippen molar-refractivity contribution in [2.45, 2.75) is 32.2 Å². The maximum Gasteiger partial charge on any atom is 0.191 e. The van der Waals surface area contributed by atoms with Gasteiger partial charge in [0.1, 0.15) is 5.82 Å². The highest BCUT2D eigenvalue weighted by Crippen LogP contribution is 2.60. The fraction of sp³-hybridized carbons (Fsp3) is 0.562. The lowest BCUT2D eigenvalue weighted by atomic mass is 10.0. The standard InChI is InChI=1S/C16H22FN3.HI/c1-18-15(19-10-12-4-2-3-5-14(12)17)20-11-16(8-9-16)13-6-7-13;/h2-5,13H,6-11H2,1H3,(H2,18,19,20);1H. The fourth-order valence-corrected chi connectivity index (χ4v) is 2.89. The molecule has 1 aromatic rings.